The van der Waals surface area contributed by atoms with Gasteiger partial charge in [0, 0.05) is 12.5 Å². The lowest BCUT2D eigenvalue weighted by Crippen LogP contribution is -2.36. The number of hydrogen-bond donors (Lipinski definition) is 2. The molecule has 0 bridgehead atoms. The molecule has 0 heterocycles. The summed E-state index contributed by atoms with van der Waals surface area (Å²) in [5, 5.41) is 2.93. The quantitative estimate of drug-likeness (QED) is 0.809. The number of benzene rings is 1. The highest BCUT2D eigenvalue weighted by Gasteiger charge is 2.26. The zero-order valence-electron chi connectivity index (χ0n) is 13.4. The first-order chi connectivity index (χ1) is 10.6. The largest absolute Gasteiger partial charge is 0.497 e. The van der Waals surface area contributed by atoms with Crippen molar-refractivity contribution in [2.24, 2.45) is 11.7 Å². The Bertz CT molecular complexity index is 475. The van der Waals surface area contributed by atoms with Gasteiger partial charge in [0.15, 0.2) is 0 Å². The van der Waals surface area contributed by atoms with Gasteiger partial charge in [-0.15, -0.1) is 0 Å². The van der Waals surface area contributed by atoms with E-state index in [-0.39, 0.29) is 18.1 Å². The van der Waals surface area contributed by atoms with Crippen molar-refractivity contribution in [2.75, 3.05) is 13.7 Å². The van der Waals surface area contributed by atoms with Crippen molar-refractivity contribution in [1.29, 1.82) is 0 Å². The summed E-state index contributed by atoms with van der Waals surface area (Å²) in [6.45, 7) is 2.43. The molecule has 1 aromatic carbocycles. The molecule has 22 heavy (non-hydrogen) atoms. The Morgan fingerprint density at radius 2 is 2.00 bits per heavy atom. The van der Waals surface area contributed by atoms with Gasteiger partial charge < -0.3 is 20.5 Å². The molecule has 1 saturated carbocycles. The van der Waals surface area contributed by atoms with Crippen molar-refractivity contribution >= 4 is 5.91 Å². The molecule has 0 saturated heterocycles. The molecule has 1 aliphatic carbocycles. The second kappa shape index (κ2) is 8.03. The van der Waals surface area contributed by atoms with E-state index in [2.05, 4.69) is 5.32 Å². The maximum absolute atomic E-state index is 11.9. The zero-order valence-corrected chi connectivity index (χ0v) is 13.4. The lowest BCUT2D eigenvalue weighted by molar-refractivity contribution is -0.122. The maximum atomic E-state index is 11.9. The van der Waals surface area contributed by atoms with Crippen LogP contribution in [0.5, 0.6) is 11.5 Å². The normalized spacial score (nSPS) is 22.1. The third-order valence-corrected chi connectivity index (χ3v) is 4.15. The van der Waals surface area contributed by atoms with E-state index in [1.165, 1.54) is 0 Å². The van der Waals surface area contributed by atoms with E-state index in [1.807, 2.05) is 31.2 Å². The Labute approximate surface area is 132 Å². The highest BCUT2D eigenvalue weighted by atomic mass is 16.5. The van der Waals surface area contributed by atoms with Crippen LogP contribution in [0.15, 0.2) is 24.3 Å². The predicted molar refractivity (Wildman–Crippen MR) is 86.0 cm³/mol. The Morgan fingerprint density at radius 3 is 2.59 bits per heavy atom. The second-order valence-electron chi connectivity index (χ2n) is 5.97. The molecule has 0 aromatic heterocycles. The average molecular weight is 306 g/mol. The third kappa shape index (κ3) is 4.91. The Kier molecular flexibility index (Phi) is 6.07. The molecule has 1 fully saturated rings. The highest BCUT2D eigenvalue weighted by Crippen LogP contribution is 2.26. The summed E-state index contributed by atoms with van der Waals surface area (Å²) in [5.74, 6) is 1.95. The van der Waals surface area contributed by atoms with Gasteiger partial charge >= 0.3 is 0 Å². The number of carbonyl (C=O) groups is 1. The van der Waals surface area contributed by atoms with Crippen LogP contribution in [0.1, 0.15) is 32.6 Å². The second-order valence-corrected chi connectivity index (χ2v) is 5.97. The standard InChI is InChI=1S/C17H26N2O3/c1-12(22-15-8-6-14(21-2)7-9-15)11-19-17(20)10-13-4-3-5-16(13)18/h6-9,12-13,16H,3-5,10-11,18H2,1-2H3,(H,19,20)/t12?,13-,16+/m0/s1. The van der Waals surface area contributed by atoms with Gasteiger partial charge in [-0.05, 0) is 49.9 Å². The topological polar surface area (TPSA) is 73.6 Å². The van der Waals surface area contributed by atoms with Gasteiger partial charge in [-0.2, -0.15) is 0 Å². The van der Waals surface area contributed by atoms with E-state index < -0.39 is 0 Å². The van der Waals surface area contributed by atoms with E-state index >= 15 is 0 Å². The molecule has 1 aromatic rings. The van der Waals surface area contributed by atoms with Crippen LogP contribution in [0.3, 0.4) is 0 Å². The molecule has 1 unspecified atom stereocenters. The van der Waals surface area contributed by atoms with Crippen LogP contribution in [0.4, 0.5) is 0 Å². The number of amides is 1. The lowest BCUT2D eigenvalue weighted by Gasteiger charge is -2.18. The zero-order chi connectivity index (χ0) is 15.9. The summed E-state index contributed by atoms with van der Waals surface area (Å²) in [4.78, 5) is 11.9. The molecule has 5 heteroatoms. The first kappa shape index (κ1) is 16.6. The van der Waals surface area contributed by atoms with Gasteiger partial charge in [0.25, 0.3) is 0 Å². The van der Waals surface area contributed by atoms with Crippen LogP contribution in [0, 0.1) is 5.92 Å². The first-order valence-electron chi connectivity index (χ1n) is 7.91. The smallest absolute Gasteiger partial charge is 0.220 e. The van der Waals surface area contributed by atoms with Crippen LogP contribution in [-0.2, 0) is 4.79 Å². The number of methoxy groups -OCH3 is 1. The summed E-state index contributed by atoms with van der Waals surface area (Å²) in [6.07, 6.45) is 3.67. The van der Waals surface area contributed by atoms with Gasteiger partial charge in [-0.3, -0.25) is 4.79 Å². The third-order valence-electron chi connectivity index (χ3n) is 4.15. The number of ether oxygens (including phenoxy) is 2. The molecule has 122 valence electrons. The number of nitrogens with two attached hydrogens (primary N) is 1. The fourth-order valence-corrected chi connectivity index (χ4v) is 2.82. The van der Waals surface area contributed by atoms with Gasteiger partial charge in [-0.25, -0.2) is 0 Å². The average Bonchev–Trinajstić information content (AvgIpc) is 2.91. The van der Waals surface area contributed by atoms with Crippen molar-refractivity contribution in [1.82, 2.24) is 5.32 Å². The Hall–Kier alpha value is -1.75. The SMILES string of the molecule is COc1ccc(OC(C)CNC(=O)C[C@@H]2CCC[C@H]2N)cc1. The van der Waals surface area contributed by atoms with Crippen LogP contribution < -0.4 is 20.5 Å². The van der Waals surface area contributed by atoms with Gasteiger partial charge in [0.05, 0.1) is 13.7 Å². The van der Waals surface area contributed by atoms with Crippen LogP contribution in [0.2, 0.25) is 0 Å². The van der Waals surface area contributed by atoms with Gasteiger partial charge in [0.1, 0.15) is 17.6 Å². The molecule has 2 rings (SSSR count). The van der Waals surface area contributed by atoms with E-state index in [0.717, 1.165) is 30.8 Å². The van der Waals surface area contributed by atoms with Crippen molar-refractivity contribution in [3.8, 4) is 11.5 Å². The predicted octanol–water partition coefficient (Wildman–Crippen LogP) is 2.10. The molecule has 0 radical (unpaired) electrons. The maximum Gasteiger partial charge on any atom is 0.220 e. The van der Waals surface area contributed by atoms with Gasteiger partial charge in [0.2, 0.25) is 5.91 Å². The molecule has 3 N–H and O–H groups in total. The molecule has 3 atom stereocenters. The monoisotopic (exact) mass is 306 g/mol. The van der Waals surface area contributed by atoms with E-state index in [4.69, 9.17) is 15.2 Å². The minimum atomic E-state index is -0.0883. The summed E-state index contributed by atoms with van der Waals surface area (Å²) in [7, 11) is 1.63. The lowest BCUT2D eigenvalue weighted by atomic mass is 10.00. The Balaban J connectivity index is 1.70. The highest BCUT2D eigenvalue weighted by molar-refractivity contribution is 5.76. The molecule has 0 aliphatic heterocycles. The van der Waals surface area contributed by atoms with Crippen LogP contribution in [-0.4, -0.2) is 31.7 Å². The molecule has 1 amide bonds. The van der Waals surface area contributed by atoms with E-state index in [9.17, 15) is 4.79 Å². The molecular weight excluding hydrogens is 280 g/mol. The van der Waals surface area contributed by atoms with E-state index in [1.54, 1.807) is 7.11 Å². The van der Waals surface area contributed by atoms with Crippen LogP contribution in [0.25, 0.3) is 0 Å². The molecule has 5 nitrogen and oxygen atoms in total. The molecule has 0 spiro atoms. The molecule has 1 aliphatic rings. The molecular formula is C17H26N2O3. The fraction of sp³-hybridized carbons (Fsp3) is 0.588. The summed E-state index contributed by atoms with van der Waals surface area (Å²) < 4.78 is 10.9. The van der Waals surface area contributed by atoms with Gasteiger partial charge in [-0.1, -0.05) is 6.42 Å². The fourth-order valence-electron chi connectivity index (χ4n) is 2.82. The number of nitrogens with one attached hydrogen (secondary N) is 1. The van der Waals surface area contributed by atoms with Crippen molar-refractivity contribution in [3.05, 3.63) is 24.3 Å². The van der Waals surface area contributed by atoms with E-state index in [0.29, 0.717) is 18.9 Å². The van der Waals surface area contributed by atoms with Crippen molar-refractivity contribution in [2.45, 2.75) is 44.8 Å². The summed E-state index contributed by atoms with van der Waals surface area (Å²) in [6, 6.07) is 7.59. The van der Waals surface area contributed by atoms with Crippen molar-refractivity contribution in [3.63, 3.8) is 0 Å². The minimum absolute atomic E-state index is 0.0625. The summed E-state index contributed by atoms with van der Waals surface area (Å²) in [5.41, 5.74) is 5.99. The van der Waals surface area contributed by atoms with Crippen molar-refractivity contribution < 1.29 is 14.3 Å². The van der Waals surface area contributed by atoms with Crippen LogP contribution >= 0.6 is 0 Å². The first-order valence-corrected chi connectivity index (χ1v) is 7.91. The number of carbonyl (C=O) groups excluding carboxylic acids is 1. The Morgan fingerprint density at radius 1 is 1.32 bits per heavy atom. The number of rotatable bonds is 7. The number of hydrogen-bond acceptors (Lipinski definition) is 4. The minimum Gasteiger partial charge on any atom is -0.497 e. The summed E-state index contributed by atoms with van der Waals surface area (Å²) >= 11 is 0.